The van der Waals surface area contributed by atoms with E-state index in [4.69, 9.17) is 11.6 Å². The Kier molecular flexibility index (Phi) is 7.12. The average Bonchev–Trinajstić information content (AvgIpc) is 2.63. The zero-order valence-electron chi connectivity index (χ0n) is 15.3. The maximum atomic E-state index is 12.5. The Morgan fingerprint density at radius 1 is 1.32 bits per heavy atom. The van der Waals surface area contributed by atoms with Gasteiger partial charge in [0.05, 0.1) is 5.92 Å². The molecule has 1 aromatic rings. The van der Waals surface area contributed by atoms with Gasteiger partial charge in [0.1, 0.15) is 0 Å². The van der Waals surface area contributed by atoms with Crippen molar-refractivity contribution >= 4 is 23.5 Å². The van der Waals surface area contributed by atoms with Crippen LogP contribution in [-0.2, 0) is 11.3 Å². The van der Waals surface area contributed by atoms with Gasteiger partial charge in [-0.2, -0.15) is 0 Å². The number of likely N-dealkylation sites (tertiary alicyclic amines) is 1. The van der Waals surface area contributed by atoms with E-state index in [9.17, 15) is 9.59 Å². The summed E-state index contributed by atoms with van der Waals surface area (Å²) in [5, 5.41) is 3.66. The van der Waals surface area contributed by atoms with Crippen LogP contribution in [-0.4, -0.2) is 47.9 Å². The quantitative estimate of drug-likeness (QED) is 0.869. The van der Waals surface area contributed by atoms with Gasteiger partial charge in [0.15, 0.2) is 0 Å². The molecule has 2 rings (SSSR count). The van der Waals surface area contributed by atoms with Crippen LogP contribution in [0, 0.1) is 12.8 Å². The third-order valence-electron chi connectivity index (χ3n) is 4.94. The summed E-state index contributed by atoms with van der Waals surface area (Å²) in [7, 11) is 0. The zero-order valence-corrected chi connectivity index (χ0v) is 16.1. The summed E-state index contributed by atoms with van der Waals surface area (Å²) in [5.74, 6) is 0.0699. The second-order valence-electron chi connectivity index (χ2n) is 6.48. The molecule has 0 spiro atoms. The number of carbonyl (C=O) groups is 2. The fourth-order valence-electron chi connectivity index (χ4n) is 3.28. The molecule has 0 saturated carbocycles. The first-order valence-corrected chi connectivity index (χ1v) is 9.41. The second-order valence-corrected chi connectivity index (χ2v) is 6.89. The molecule has 5 nitrogen and oxygen atoms in total. The number of nitrogens with zero attached hydrogens (tertiary/aromatic N) is 2. The van der Waals surface area contributed by atoms with Crippen LogP contribution in [0.5, 0.6) is 0 Å². The summed E-state index contributed by atoms with van der Waals surface area (Å²) in [6.45, 7) is 8.99. The molecule has 3 amide bonds. The number of halogens is 1. The van der Waals surface area contributed by atoms with E-state index in [2.05, 4.69) is 5.32 Å². The lowest BCUT2D eigenvalue weighted by molar-refractivity contribution is -0.136. The largest absolute Gasteiger partial charge is 0.343 e. The van der Waals surface area contributed by atoms with Crippen LogP contribution in [0.15, 0.2) is 18.2 Å². The monoisotopic (exact) mass is 365 g/mol. The lowest BCUT2D eigenvalue weighted by atomic mass is 9.96. The predicted molar refractivity (Wildman–Crippen MR) is 101 cm³/mol. The first kappa shape index (κ1) is 19.6. The summed E-state index contributed by atoms with van der Waals surface area (Å²) in [6, 6.07) is 5.58. The topological polar surface area (TPSA) is 52.7 Å². The van der Waals surface area contributed by atoms with Crippen molar-refractivity contribution in [2.45, 2.75) is 40.2 Å². The van der Waals surface area contributed by atoms with Crippen molar-refractivity contribution in [3.05, 3.63) is 34.3 Å². The highest BCUT2D eigenvalue weighted by Gasteiger charge is 2.30. The number of hydrogen-bond donors (Lipinski definition) is 1. The smallest absolute Gasteiger partial charge is 0.317 e. The molecule has 1 heterocycles. The molecule has 1 saturated heterocycles. The lowest BCUT2D eigenvalue weighted by Gasteiger charge is -2.34. The predicted octanol–water partition coefficient (Wildman–Crippen LogP) is 3.44. The van der Waals surface area contributed by atoms with Crippen molar-refractivity contribution < 1.29 is 9.59 Å². The normalized spacial score (nSPS) is 17.3. The molecule has 0 aromatic heterocycles. The van der Waals surface area contributed by atoms with E-state index >= 15 is 0 Å². The Hall–Kier alpha value is -1.75. The van der Waals surface area contributed by atoms with E-state index in [1.165, 1.54) is 0 Å². The summed E-state index contributed by atoms with van der Waals surface area (Å²) in [4.78, 5) is 28.7. The van der Waals surface area contributed by atoms with Crippen molar-refractivity contribution in [1.29, 1.82) is 0 Å². The van der Waals surface area contributed by atoms with Gasteiger partial charge in [-0.05, 0) is 50.8 Å². The summed E-state index contributed by atoms with van der Waals surface area (Å²) >= 11 is 6.12. The van der Waals surface area contributed by atoms with E-state index < -0.39 is 0 Å². The number of amides is 3. The molecule has 1 aliphatic rings. The molecule has 0 radical (unpaired) electrons. The van der Waals surface area contributed by atoms with Gasteiger partial charge in [-0.3, -0.25) is 4.79 Å². The van der Waals surface area contributed by atoms with Crippen molar-refractivity contribution in [2.75, 3.05) is 26.2 Å². The van der Waals surface area contributed by atoms with Crippen LogP contribution in [0.4, 0.5) is 4.79 Å². The third-order valence-corrected chi connectivity index (χ3v) is 5.35. The van der Waals surface area contributed by atoms with E-state index in [-0.39, 0.29) is 17.9 Å². The van der Waals surface area contributed by atoms with Crippen LogP contribution in [0.2, 0.25) is 5.02 Å². The van der Waals surface area contributed by atoms with Gasteiger partial charge in [0.25, 0.3) is 0 Å². The molecule has 25 heavy (non-hydrogen) atoms. The van der Waals surface area contributed by atoms with Gasteiger partial charge in [0, 0.05) is 37.7 Å². The SMILES string of the molecule is CCN(CC)C(=O)[C@H]1CCCN(C(=O)NCc2cccc(Cl)c2C)C1. The maximum Gasteiger partial charge on any atom is 0.317 e. The second kappa shape index (κ2) is 9.09. The molecule has 0 bridgehead atoms. The maximum absolute atomic E-state index is 12.5. The third kappa shape index (κ3) is 4.88. The molecule has 1 N–H and O–H groups in total. The lowest BCUT2D eigenvalue weighted by Crippen LogP contribution is -2.49. The van der Waals surface area contributed by atoms with Crippen molar-refractivity contribution in [1.82, 2.24) is 15.1 Å². The van der Waals surface area contributed by atoms with Gasteiger partial charge in [-0.25, -0.2) is 4.79 Å². The van der Waals surface area contributed by atoms with Gasteiger partial charge < -0.3 is 15.1 Å². The first-order chi connectivity index (χ1) is 12.0. The van der Waals surface area contributed by atoms with E-state index in [0.29, 0.717) is 37.7 Å². The number of piperidine rings is 1. The molecule has 1 aromatic carbocycles. The summed E-state index contributed by atoms with van der Waals surface area (Å²) in [5.41, 5.74) is 1.99. The van der Waals surface area contributed by atoms with Gasteiger partial charge in [-0.15, -0.1) is 0 Å². The van der Waals surface area contributed by atoms with Crippen LogP contribution in [0.25, 0.3) is 0 Å². The molecule has 1 fully saturated rings. The minimum absolute atomic E-state index is 0.0905. The number of rotatable bonds is 5. The van der Waals surface area contributed by atoms with E-state index in [1.54, 1.807) is 4.90 Å². The van der Waals surface area contributed by atoms with Crippen molar-refractivity contribution in [3.8, 4) is 0 Å². The van der Waals surface area contributed by atoms with Crippen molar-refractivity contribution in [3.63, 3.8) is 0 Å². The minimum Gasteiger partial charge on any atom is -0.343 e. The van der Waals surface area contributed by atoms with Crippen LogP contribution < -0.4 is 5.32 Å². The Morgan fingerprint density at radius 2 is 2.04 bits per heavy atom. The fourth-order valence-corrected chi connectivity index (χ4v) is 3.48. The first-order valence-electron chi connectivity index (χ1n) is 9.03. The Labute approximate surface area is 155 Å². The Balaban J connectivity index is 1.93. The number of nitrogens with one attached hydrogen (secondary N) is 1. The van der Waals surface area contributed by atoms with Crippen molar-refractivity contribution in [2.24, 2.45) is 5.92 Å². The molecule has 1 aliphatic heterocycles. The molecule has 0 aliphatic carbocycles. The summed E-state index contributed by atoms with van der Waals surface area (Å²) < 4.78 is 0. The van der Waals surface area contributed by atoms with Crippen LogP contribution in [0.1, 0.15) is 37.8 Å². The minimum atomic E-state index is -0.114. The van der Waals surface area contributed by atoms with Gasteiger partial charge >= 0.3 is 6.03 Å². The highest BCUT2D eigenvalue weighted by atomic mass is 35.5. The number of urea groups is 1. The van der Waals surface area contributed by atoms with Crippen LogP contribution >= 0.6 is 11.6 Å². The highest BCUT2D eigenvalue weighted by molar-refractivity contribution is 6.31. The summed E-state index contributed by atoms with van der Waals surface area (Å²) in [6.07, 6.45) is 1.72. The average molecular weight is 366 g/mol. The van der Waals surface area contributed by atoms with Gasteiger partial charge in [-0.1, -0.05) is 23.7 Å². The molecule has 1 atom stereocenters. The highest BCUT2D eigenvalue weighted by Crippen LogP contribution is 2.20. The molecular weight excluding hydrogens is 338 g/mol. The molecule has 0 unspecified atom stereocenters. The Bertz CT molecular complexity index is 617. The van der Waals surface area contributed by atoms with Gasteiger partial charge in [0.2, 0.25) is 5.91 Å². The van der Waals surface area contributed by atoms with E-state index in [1.807, 2.05) is 43.9 Å². The molecular formula is C19H28ClN3O2. The number of hydrogen-bond acceptors (Lipinski definition) is 2. The Morgan fingerprint density at radius 3 is 2.72 bits per heavy atom. The molecule has 138 valence electrons. The number of carbonyl (C=O) groups excluding carboxylic acids is 2. The molecule has 6 heteroatoms. The van der Waals surface area contributed by atoms with Crippen LogP contribution in [0.3, 0.4) is 0 Å². The number of benzene rings is 1. The zero-order chi connectivity index (χ0) is 18.4. The van der Waals surface area contributed by atoms with E-state index in [0.717, 1.165) is 24.0 Å². The standard InChI is InChI=1S/C19H28ClN3O2/c1-4-22(5-2)18(24)16-9-7-11-23(13-16)19(25)21-12-15-8-6-10-17(20)14(15)3/h6,8,10,16H,4-5,7,9,11-13H2,1-3H3,(H,21,25)/t16-/m0/s1. The fraction of sp³-hybridized carbons (Fsp3) is 0.579.